The number of carbonyl (C=O) groups is 2. The van der Waals surface area contributed by atoms with Crippen LogP contribution in [0.25, 0.3) is 0 Å². The second-order valence-corrected chi connectivity index (χ2v) is 5.16. The fraction of sp³-hybridized carbons (Fsp3) is 0.167. The van der Waals surface area contributed by atoms with Gasteiger partial charge in [0.2, 0.25) is 0 Å². The monoisotopic (exact) mass is 342 g/mol. The third-order valence-electron chi connectivity index (χ3n) is 3.20. The summed E-state index contributed by atoms with van der Waals surface area (Å²) in [5, 5.41) is 12.5. The standard InChI is InChI=1S/C18H18N2O5/c1-12-6-7-15(16(8-12)24-2)18(23)20-19-10-13-4-3-5-14(9-13)25-11-17(21)22/h3-10H,11H2,1-2H3,(H,20,23)(H,21,22)/b19-10-. The fourth-order valence-electron chi connectivity index (χ4n) is 2.04. The van der Waals surface area contributed by atoms with Crippen molar-refractivity contribution in [3.63, 3.8) is 0 Å². The number of carbonyl (C=O) groups excluding carboxylic acids is 1. The van der Waals surface area contributed by atoms with Gasteiger partial charge in [0.25, 0.3) is 5.91 Å². The van der Waals surface area contributed by atoms with Crippen molar-refractivity contribution in [2.75, 3.05) is 13.7 Å². The molecule has 0 aliphatic heterocycles. The minimum absolute atomic E-state index is 0.379. The molecule has 7 nitrogen and oxygen atoms in total. The molecule has 0 aliphatic carbocycles. The van der Waals surface area contributed by atoms with E-state index in [0.29, 0.717) is 22.6 Å². The highest BCUT2D eigenvalue weighted by molar-refractivity contribution is 5.97. The van der Waals surface area contributed by atoms with E-state index in [2.05, 4.69) is 10.5 Å². The highest BCUT2D eigenvalue weighted by Gasteiger charge is 2.11. The number of nitrogens with zero attached hydrogens (tertiary/aromatic N) is 1. The maximum Gasteiger partial charge on any atom is 0.341 e. The van der Waals surface area contributed by atoms with Crippen LogP contribution in [-0.2, 0) is 4.79 Å². The van der Waals surface area contributed by atoms with Gasteiger partial charge in [0.05, 0.1) is 18.9 Å². The molecule has 0 saturated heterocycles. The van der Waals surface area contributed by atoms with E-state index in [1.165, 1.54) is 13.3 Å². The SMILES string of the molecule is COc1cc(C)ccc1C(=O)N/N=C\c1cccc(OCC(=O)O)c1. The Morgan fingerprint density at radius 2 is 2.04 bits per heavy atom. The van der Waals surface area contributed by atoms with Gasteiger partial charge in [0, 0.05) is 0 Å². The first kappa shape index (κ1) is 18.0. The summed E-state index contributed by atoms with van der Waals surface area (Å²) >= 11 is 0. The van der Waals surface area contributed by atoms with Crippen molar-refractivity contribution in [2.45, 2.75) is 6.92 Å². The lowest BCUT2D eigenvalue weighted by atomic mass is 10.1. The van der Waals surface area contributed by atoms with Crippen LogP contribution in [0.3, 0.4) is 0 Å². The van der Waals surface area contributed by atoms with Gasteiger partial charge in [-0.1, -0.05) is 18.2 Å². The highest BCUT2D eigenvalue weighted by Crippen LogP contribution is 2.19. The first-order valence-electron chi connectivity index (χ1n) is 7.42. The highest BCUT2D eigenvalue weighted by atomic mass is 16.5. The van der Waals surface area contributed by atoms with Gasteiger partial charge in [-0.05, 0) is 42.3 Å². The molecule has 0 spiro atoms. The van der Waals surface area contributed by atoms with Crippen LogP contribution < -0.4 is 14.9 Å². The molecule has 1 amide bonds. The van der Waals surface area contributed by atoms with E-state index in [9.17, 15) is 9.59 Å². The van der Waals surface area contributed by atoms with Gasteiger partial charge in [0.1, 0.15) is 11.5 Å². The molecule has 0 heterocycles. The number of amides is 1. The summed E-state index contributed by atoms with van der Waals surface area (Å²) in [4.78, 5) is 22.7. The predicted molar refractivity (Wildman–Crippen MR) is 92.4 cm³/mol. The zero-order valence-corrected chi connectivity index (χ0v) is 13.9. The molecule has 0 bridgehead atoms. The smallest absolute Gasteiger partial charge is 0.341 e. The van der Waals surface area contributed by atoms with Crippen molar-refractivity contribution in [1.82, 2.24) is 5.43 Å². The molecule has 0 aliphatic rings. The number of rotatable bonds is 7. The van der Waals surface area contributed by atoms with E-state index in [1.807, 2.05) is 13.0 Å². The Bertz CT molecular complexity index is 802. The Morgan fingerprint density at radius 1 is 1.24 bits per heavy atom. The van der Waals surface area contributed by atoms with Crippen LogP contribution in [0.5, 0.6) is 11.5 Å². The number of ether oxygens (including phenoxy) is 2. The summed E-state index contributed by atoms with van der Waals surface area (Å²) in [6.07, 6.45) is 1.44. The van der Waals surface area contributed by atoms with Crippen molar-refractivity contribution >= 4 is 18.1 Å². The van der Waals surface area contributed by atoms with Crippen molar-refractivity contribution in [3.8, 4) is 11.5 Å². The third kappa shape index (κ3) is 5.35. The Balaban J connectivity index is 2.02. The van der Waals surface area contributed by atoms with Crippen LogP contribution in [0.4, 0.5) is 0 Å². The van der Waals surface area contributed by atoms with Crippen LogP contribution in [0, 0.1) is 6.92 Å². The molecule has 7 heteroatoms. The predicted octanol–water partition coefficient (Wildman–Crippen LogP) is 2.23. The van der Waals surface area contributed by atoms with Gasteiger partial charge in [-0.3, -0.25) is 4.79 Å². The molecule has 0 saturated carbocycles. The molecule has 130 valence electrons. The summed E-state index contributed by atoms with van der Waals surface area (Å²) in [5.74, 6) is -0.584. The van der Waals surface area contributed by atoms with Crippen LogP contribution >= 0.6 is 0 Å². The van der Waals surface area contributed by atoms with E-state index in [1.54, 1.807) is 36.4 Å². The molecule has 0 unspecified atom stereocenters. The van der Waals surface area contributed by atoms with Gasteiger partial charge < -0.3 is 14.6 Å². The topological polar surface area (TPSA) is 97.2 Å². The van der Waals surface area contributed by atoms with Crippen LogP contribution in [0.15, 0.2) is 47.6 Å². The molecule has 2 aromatic rings. The normalized spacial score (nSPS) is 10.5. The Morgan fingerprint density at radius 3 is 2.76 bits per heavy atom. The molecule has 0 atom stereocenters. The molecular formula is C18H18N2O5. The fourth-order valence-corrected chi connectivity index (χ4v) is 2.04. The summed E-state index contributed by atoms with van der Waals surface area (Å²) in [5.41, 5.74) is 4.44. The number of carboxylic acids is 1. The first-order chi connectivity index (χ1) is 12.0. The van der Waals surface area contributed by atoms with Crippen LogP contribution in [-0.4, -0.2) is 36.9 Å². The number of aliphatic carboxylic acids is 1. The maximum absolute atomic E-state index is 12.2. The van der Waals surface area contributed by atoms with Gasteiger partial charge in [-0.25, -0.2) is 10.2 Å². The summed E-state index contributed by atoms with van der Waals surface area (Å²) in [6, 6.07) is 11.9. The largest absolute Gasteiger partial charge is 0.496 e. The number of aryl methyl sites for hydroxylation is 1. The number of nitrogens with one attached hydrogen (secondary N) is 1. The van der Waals surface area contributed by atoms with E-state index in [0.717, 1.165) is 5.56 Å². The van der Waals surface area contributed by atoms with Crippen LogP contribution in [0.1, 0.15) is 21.5 Å². The minimum Gasteiger partial charge on any atom is -0.496 e. The number of hydrazone groups is 1. The van der Waals surface area contributed by atoms with E-state index in [-0.39, 0.29) is 0 Å². The number of benzene rings is 2. The number of hydrogen-bond donors (Lipinski definition) is 2. The van der Waals surface area contributed by atoms with Crippen molar-refractivity contribution in [3.05, 3.63) is 59.2 Å². The Labute approximate surface area is 144 Å². The lowest BCUT2D eigenvalue weighted by molar-refractivity contribution is -0.139. The van der Waals surface area contributed by atoms with Gasteiger partial charge in [-0.2, -0.15) is 5.10 Å². The van der Waals surface area contributed by atoms with Crippen molar-refractivity contribution in [1.29, 1.82) is 0 Å². The molecule has 2 N–H and O–H groups in total. The first-order valence-corrected chi connectivity index (χ1v) is 7.42. The van der Waals surface area contributed by atoms with Gasteiger partial charge in [0.15, 0.2) is 6.61 Å². The quantitative estimate of drug-likeness (QED) is 0.594. The lowest BCUT2D eigenvalue weighted by Gasteiger charge is -2.07. The molecule has 2 aromatic carbocycles. The zero-order valence-electron chi connectivity index (χ0n) is 13.9. The summed E-state index contributed by atoms with van der Waals surface area (Å²) < 4.78 is 10.3. The average Bonchev–Trinajstić information content (AvgIpc) is 2.60. The van der Waals surface area contributed by atoms with E-state index in [4.69, 9.17) is 14.6 Å². The number of methoxy groups -OCH3 is 1. The second-order valence-electron chi connectivity index (χ2n) is 5.16. The average molecular weight is 342 g/mol. The Kier molecular flexibility index (Phi) is 6.11. The number of carboxylic acid groups (broad SMARTS) is 1. The summed E-state index contributed by atoms with van der Waals surface area (Å²) in [6.45, 7) is 1.48. The molecule has 2 rings (SSSR count). The lowest BCUT2D eigenvalue weighted by Crippen LogP contribution is -2.18. The van der Waals surface area contributed by atoms with E-state index >= 15 is 0 Å². The second kappa shape index (κ2) is 8.49. The summed E-state index contributed by atoms with van der Waals surface area (Å²) in [7, 11) is 1.50. The molecule has 0 radical (unpaired) electrons. The van der Waals surface area contributed by atoms with Crippen molar-refractivity contribution in [2.24, 2.45) is 5.10 Å². The van der Waals surface area contributed by atoms with Gasteiger partial charge in [-0.15, -0.1) is 0 Å². The third-order valence-corrected chi connectivity index (χ3v) is 3.20. The van der Waals surface area contributed by atoms with Gasteiger partial charge >= 0.3 is 5.97 Å². The van der Waals surface area contributed by atoms with Crippen molar-refractivity contribution < 1.29 is 24.2 Å². The molecule has 25 heavy (non-hydrogen) atoms. The Hall–Kier alpha value is -3.35. The maximum atomic E-state index is 12.2. The molecule has 0 fully saturated rings. The zero-order chi connectivity index (χ0) is 18.2. The minimum atomic E-state index is -1.06. The molecule has 0 aromatic heterocycles. The molecular weight excluding hydrogens is 324 g/mol. The van der Waals surface area contributed by atoms with Crippen LogP contribution in [0.2, 0.25) is 0 Å². The van der Waals surface area contributed by atoms with E-state index < -0.39 is 18.5 Å². The number of hydrogen-bond acceptors (Lipinski definition) is 5.